The summed E-state index contributed by atoms with van der Waals surface area (Å²) in [6.45, 7) is 0.660. The van der Waals surface area contributed by atoms with Crippen molar-refractivity contribution in [2.24, 2.45) is 5.92 Å². The summed E-state index contributed by atoms with van der Waals surface area (Å²) in [5, 5.41) is 9.64. The van der Waals surface area contributed by atoms with Gasteiger partial charge in [-0.1, -0.05) is 18.2 Å². The number of hydrogen-bond donors (Lipinski definition) is 1. The Bertz CT molecular complexity index is 680. The molecule has 0 spiro atoms. The first kappa shape index (κ1) is 17.5. The average molecular weight is 347 g/mol. The van der Waals surface area contributed by atoms with E-state index < -0.39 is 17.4 Å². The number of amides is 1. The normalized spacial score (nSPS) is 22.0. The Balaban J connectivity index is 1.63. The van der Waals surface area contributed by atoms with E-state index in [2.05, 4.69) is 12.2 Å². The van der Waals surface area contributed by atoms with Gasteiger partial charge in [0.15, 0.2) is 0 Å². The molecule has 1 aliphatic carbocycles. The van der Waals surface area contributed by atoms with E-state index in [0.29, 0.717) is 25.4 Å². The van der Waals surface area contributed by atoms with Gasteiger partial charge in [-0.25, -0.2) is 9.18 Å². The van der Waals surface area contributed by atoms with Crippen molar-refractivity contribution in [1.29, 1.82) is 0 Å². The Morgan fingerprint density at radius 3 is 2.68 bits per heavy atom. The average Bonchev–Trinajstić information content (AvgIpc) is 3.08. The Hall–Kier alpha value is -2.37. The summed E-state index contributed by atoms with van der Waals surface area (Å²) in [5.74, 6) is -1.01. The minimum atomic E-state index is -1.42. The molecule has 0 bridgehead atoms. The van der Waals surface area contributed by atoms with Gasteiger partial charge < -0.3 is 14.7 Å². The highest BCUT2D eigenvalue weighted by Gasteiger charge is 2.45. The summed E-state index contributed by atoms with van der Waals surface area (Å²) in [6, 6.07) is 5.47. The van der Waals surface area contributed by atoms with E-state index in [1.165, 1.54) is 24.3 Å². The fraction of sp³-hybridized carbons (Fsp3) is 0.474. The molecule has 0 saturated carbocycles. The quantitative estimate of drug-likeness (QED) is 0.832. The predicted molar refractivity (Wildman–Crippen MR) is 89.7 cm³/mol. The number of piperidine rings is 1. The van der Waals surface area contributed by atoms with Gasteiger partial charge in [-0.05, 0) is 30.9 Å². The van der Waals surface area contributed by atoms with Crippen LogP contribution >= 0.6 is 0 Å². The van der Waals surface area contributed by atoms with Gasteiger partial charge in [0.25, 0.3) is 0 Å². The summed E-state index contributed by atoms with van der Waals surface area (Å²) in [6.07, 6.45) is 7.03. The number of halogens is 1. The lowest BCUT2D eigenvalue weighted by Gasteiger charge is -2.39. The highest BCUT2D eigenvalue weighted by atomic mass is 19.1. The first-order valence-electron chi connectivity index (χ1n) is 8.61. The van der Waals surface area contributed by atoms with Gasteiger partial charge in [0.05, 0.1) is 0 Å². The lowest BCUT2D eigenvalue weighted by Crippen LogP contribution is -2.54. The molecule has 1 N–H and O–H groups in total. The number of nitrogens with zero attached hydrogens (tertiary/aromatic N) is 1. The second-order valence-electron chi connectivity index (χ2n) is 6.71. The van der Waals surface area contributed by atoms with Crippen molar-refractivity contribution in [3.05, 3.63) is 42.2 Å². The maximum absolute atomic E-state index is 13.3. The van der Waals surface area contributed by atoms with Gasteiger partial charge in [-0.15, -0.1) is 0 Å². The molecule has 2 aliphatic rings. The van der Waals surface area contributed by atoms with Gasteiger partial charge in [-0.2, -0.15) is 0 Å². The van der Waals surface area contributed by atoms with Crippen LogP contribution in [-0.4, -0.2) is 40.6 Å². The van der Waals surface area contributed by atoms with Crippen LogP contribution in [0.4, 0.5) is 4.39 Å². The van der Waals surface area contributed by atoms with E-state index in [1.807, 2.05) is 0 Å². The molecule has 1 amide bonds. The van der Waals surface area contributed by atoms with Crippen LogP contribution in [0, 0.1) is 11.7 Å². The molecule has 5 nitrogen and oxygen atoms in total. The minimum Gasteiger partial charge on any atom is -0.478 e. The molecule has 3 rings (SSSR count). The second-order valence-corrected chi connectivity index (χ2v) is 6.71. The van der Waals surface area contributed by atoms with E-state index >= 15 is 0 Å². The number of carboxylic acids is 1. The molecule has 1 fully saturated rings. The second kappa shape index (κ2) is 7.25. The minimum absolute atomic E-state index is 0.0568. The van der Waals surface area contributed by atoms with Crippen molar-refractivity contribution in [2.45, 2.75) is 37.7 Å². The third kappa shape index (κ3) is 4.00. The van der Waals surface area contributed by atoms with Crippen molar-refractivity contribution >= 4 is 11.9 Å². The van der Waals surface area contributed by atoms with Crippen LogP contribution in [0.15, 0.2) is 36.4 Å². The zero-order valence-corrected chi connectivity index (χ0v) is 14.0. The lowest BCUT2D eigenvalue weighted by molar-refractivity contribution is -0.162. The molecule has 134 valence electrons. The van der Waals surface area contributed by atoms with Crippen LogP contribution in [0.1, 0.15) is 32.1 Å². The topological polar surface area (TPSA) is 66.8 Å². The maximum atomic E-state index is 13.3. The fourth-order valence-corrected chi connectivity index (χ4v) is 3.45. The predicted octanol–water partition coefficient (Wildman–Crippen LogP) is 3.01. The number of hydrogen-bond acceptors (Lipinski definition) is 3. The first-order chi connectivity index (χ1) is 12.0. The van der Waals surface area contributed by atoms with Gasteiger partial charge in [0.1, 0.15) is 11.6 Å². The molecular formula is C19H22FNO4. The van der Waals surface area contributed by atoms with Crippen molar-refractivity contribution in [1.82, 2.24) is 4.90 Å². The maximum Gasteiger partial charge on any atom is 0.348 e. The van der Waals surface area contributed by atoms with Crippen molar-refractivity contribution in [3.63, 3.8) is 0 Å². The molecule has 0 aromatic heterocycles. The van der Waals surface area contributed by atoms with Gasteiger partial charge in [-0.3, -0.25) is 4.79 Å². The van der Waals surface area contributed by atoms with E-state index in [1.54, 1.807) is 4.90 Å². The number of allylic oxidation sites excluding steroid dienone is 2. The molecule has 1 heterocycles. The molecule has 1 unspecified atom stereocenters. The molecular weight excluding hydrogens is 325 g/mol. The Morgan fingerprint density at radius 1 is 1.32 bits per heavy atom. The third-order valence-corrected chi connectivity index (χ3v) is 4.97. The number of carboxylic acid groups (broad SMARTS) is 1. The van der Waals surface area contributed by atoms with Crippen molar-refractivity contribution < 1.29 is 23.8 Å². The largest absolute Gasteiger partial charge is 0.478 e. The van der Waals surface area contributed by atoms with Gasteiger partial charge >= 0.3 is 5.97 Å². The highest BCUT2D eigenvalue weighted by Crippen LogP contribution is 2.31. The summed E-state index contributed by atoms with van der Waals surface area (Å²) >= 11 is 0. The summed E-state index contributed by atoms with van der Waals surface area (Å²) in [5.41, 5.74) is -1.42. The van der Waals surface area contributed by atoms with E-state index in [0.717, 1.165) is 12.8 Å². The molecule has 1 saturated heterocycles. The van der Waals surface area contributed by atoms with Crippen molar-refractivity contribution in [3.8, 4) is 5.75 Å². The zero-order chi connectivity index (χ0) is 17.9. The summed E-state index contributed by atoms with van der Waals surface area (Å²) in [7, 11) is 0. The SMILES string of the molecule is O=C(CC1C=CCC1)N1CCC(Oc2cccc(F)c2)(C(=O)O)CC1. The van der Waals surface area contributed by atoms with Crippen LogP contribution in [0.25, 0.3) is 0 Å². The number of benzene rings is 1. The van der Waals surface area contributed by atoms with Crippen molar-refractivity contribution in [2.75, 3.05) is 13.1 Å². The molecule has 1 aliphatic heterocycles. The summed E-state index contributed by atoms with van der Waals surface area (Å²) < 4.78 is 19.0. The van der Waals surface area contributed by atoms with Gasteiger partial charge in [0, 0.05) is 38.4 Å². The van der Waals surface area contributed by atoms with Crippen LogP contribution in [0.2, 0.25) is 0 Å². The Morgan fingerprint density at radius 2 is 2.08 bits per heavy atom. The highest BCUT2D eigenvalue weighted by molar-refractivity contribution is 5.80. The number of rotatable bonds is 5. The molecule has 1 aromatic rings. The van der Waals surface area contributed by atoms with E-state index in [-0.39, 0.29) is 24.5 Å². The van der Waals surface area contributed by atoms with Crippen LogP contribution in [0.3, 0.4) is 0 Å². The smallest absolute Gasteiger partial charge is 0.348 e. The Labute approximate surface area is 146 Å². The number of carbonyl (C=O) groups excluding carboxylic acids is 1. The fourth-order valence-electron chi connectivity index (χ4n) is 3.45. The lowest BCUT2D eigenvalue weighted by atomic mass is 9.90. The number of ether oxygens (including phenoxy) is 1. The molecule has 1 atom stereocenters. The number of likely N-dealkylation sites (tertiary alicyclic amines) is 1. The van der Waals surface area contributed by atoms with Crippen LogP contribution in [-0.2, 0) is 9.59 Å². The van der Waals surface area contributed by atoms with Gasteiger partial charge in [0.2, 0.25) is 11.5 Å². The van der Waals surface area contributed by atoms with Crippen LogP contribution in [0.5, 0.6) is 5.75 Å². The van der Waals surface area contributed by atoms with Crippen LogP contribution < -0.4 is 4.74 Å². The summed E-state index contributed by atoms with van der Waals surface area (Å²) in [4.78, 5) is 25.9. The standard InChI is InChI=1S/C19H22FNO4/c20-15-6-3-7-16(13-15)25-19(18(23)24)8-10-21(11-9-19)17(22)12-14-4-1-2-5-14/h1,3-4,6-7,13-14H,2,5,8-12H2,(H,23,24). The third-order valence-electron chi connectivity index (χ3n) is 4.97. The zero-order valence-electron chi connectivity index (χ0n) is 14.0. The first-order valence-corrected chi connectivity index (χ1v) is 8.61. The van der Waals surface area contributed by atoms with E-state index in [4.69, 9.17) is 4.74 Å². The molecule has 25 heavy (non-hydrogen) atoms. The number of aliphatic carboxylic acids is 1. The molecule has 1 aromatic carbocycles. The number of carbonyl (C=O) groups is 2. The molecule has 0 radical (unpaired) electrons. The Kier molecular flexibility index (Phi) is 5.06. The molecule has 6 heteroatoms. The monoisotopic (exact) mass is 347 g/mol. The van der Waals surface area contributed by atoms with E-state index in [9.17, 15) is 19.1 Å².